The lowest BCUT2D eigenvalue weighted by Crippen LogP contribution is -2.08. The Morgan fingerprint density at radius 2 is 1.96 bits per heavy atom. The van der Waals surface area contributed by atoms with Gasteiger partial charge in [-0.05, 0) is 48.2 Å². The fourth-order valence-corrected chi connectivity index (χ4v) is 2.25. The SMILES string of the molecule is CSc1nncn1N=Cc1ccc(OC(=O)c2ccncc2)cc1. The topological polar surface area (TPSA) is 82.3 Å². The number of carbonyl (C=O) groups excluding carboxylic acids is 1. The van der Waals surface area contributed by atoms with E-state index in [0.717, 1.165) is 5.56 Å². The highest BCUT2D eigenvalue weighted by Gasteiger charge is 2.07. The monoisotopic (exact) mass is 339 g/mol. The number of rotatable bonds is 5. The summed E-state index contributed by atoms with van der Waals surface area (Å²) in [6, 6.07) is 10.2. The Morgan fingerprint density at radius 3 is 2.67 bits per heavy atom. The number of carbonyl (C=O) groups is 1. The van der Waals surface area contributed by atoms with Gasteiger partial charge in [0.1, 0.15) is 12.1 Å². The van der Waals surface area contributed by atoms with Crippen LogP contribution >= 0.6 is 11.8 Å². The summed E-state index contributed by atoms with van der Waals surface area (Å²) >= 11 is 1.46. The van der Waals surface area contributed by atoms with E-state index >= 15 is 0 Å². The number of ether oxygens (including phenoxy) is 1. The molecule has 0 amide bonds. The molecule has 0 aliphatic carbocycles. The highest BCUT2D eigenvalue weighted by Crippen LogP contribution is 2.14. The van der Waals surface area contributed by atoms with Crippen LogP contribution in [0, 0.1) is 0 Å². The summed E-state index contributed by atoms with van der Waals surface area (Å²) in [5.74, 6) is 0.0379. The molecular formula is C16H13N5O2S. The first-order chi connectivity index (χ1) is 11.8. The number of aromatic nitrogens is 4. The van der Waals surface area contributed by atoms with Crippen molar-refractivity contribution >= 4 is 23.9 Å². The van der Waals surface area contributed by atoms with Gasteiger partial charge >= 0.3 is 5.97 Å². The number of thioether (sulfide) groups is 1. The third-order valence-corrected chi connectivity index (χ3v) is 3.65. The Labute approximate surface area is 142 Å². The van der Waals surface area contributed by atoms with Crippen LogP contribution in [0.4, 0.5) is 0 Å². The third-order valence-electron chi connectivity index (χ3n) is 3.02. The Morgan fingerprint density at radius 1 is 1.21 bits per heavy atom. The summed E-state index contributed by atoms with van der Waals surface area (Å²) < 4.78 is 6.89. The lowest BCUT2D eigenvalue weighted by atomic mass is 10.2. The second-order valence-corrected chi connectivity index (χ2v) is 5.37. The standard InChI is InChI=1S/C16H13N5O2S/c1-24-16-20-18-11-21(16)19-10-12-2-4-14(5-3-12)23-15(22)13-6-8-17-9-7-13/h2-11H,1H3. The lowest BCUT2D eigenvalue weighted by molar-refractivity contribution is 0.0734. The molecule has 0 spiro atoms. The van der Waals surface area contributed by atoms with Gasteiger partial charge in [-0.3, -0.25) is 4.98 Å². The van der Waals surface area contributed by atoms with E-state index in [0.29, 0.717) is 16.5 Å². The summed E-state index contributed by atoms with van der Waals surface area (Å²) in [5, 5.41) is 12.7. The van der Waals surface area contributed by atoms with Crippen LogP contribution in [-0.2, 0) is 0 Å². The number of pyridine rings is 1. The predicted molar refractivity (Wildman–Crippen MR) is 90.4 cm³/mol. The van der Waals surface area contributed by atoms with E-state index in [1.54, 1.807) is 47.5 Å². The van der Waals surface area contributed by atoms with Gasteiger partial charge in [-0.2, -0.15) is 9.78 Å². The van der Waals surface area contributed by atoms with Gasteiger partial charge in [-0.15, -0.1) is 10.2 Å². The lowest BCUT2D eigenvalue weighted by Gasteiger charge is -2.04. The van der Waals surface area contributed by atoms with Gasteiger partial charge in [0.25, 0.3) is 0 Å². The van der Waals surface area contributed by atoms with Crippen LogP contribution in [0.25, 0.3) is 0 Å². The molecule has 0 aliphatic rings. The molecule has 0 atom stereocenters. The molecule has 120 valence electrons. The fourth-order valence-electron chi connectivity index (χ4n) is 1.84. The summed E-state index contributed by atoms with van der Waals surface area (Å²) in [7, 11) is 0. The number of esters is 1. The largest absolute Gasteiger partial charge is 0.423 e. The van der Waals surface area contributed by atoms with Crippen molar-refractivity contribution in [1.29, 1.82) is 0 Å². The summed E-state index contributed by atoms with van der Waals surface area (Å²) in [6.07, 6.45) is 8.21. The first-order valence-electron chi connectivity index (χ1n) is 6.97. The maximum atomic E-state index is 12.0. The Bertz CT molecular complexity index is 846. The van der Waals surface area contributed by atoms with Crippen molar-refractivity contribution in [2.45, 2.75) is 5.16 Å². The molecule has 7 nitrogen and oxygen atoms in total. The van der Waals surface area contributed by atoms with Gasteiger partial charge < -0.3 is 4.74 Å². The molecular weight excluding hydrogens is 326 g/mol. The summed E-state index contributed by atoms with van der Waals surface area (Å²) in [6.45, 7) is 0. The third kappa shape index (κ3) is 3.85. The molecule has 0 bridgehead atoms. The van der Waals surface area contributed by atoms with Crippen LogP contribution in [0.3, 0.4) is 0 Å². The van der Waals surface area contributed by atoms with Crippen molar-refractivity contribution < 1.29 is 9.53 Å². The van der Waals surface area contributed by atoms with Crippen molar-refractivity contribution in [3.63, 3.8) is 0 Å². The van der Waals surface area contributed by atoms with Crippen molar-refractivity contribution in [3.8, 4) is 5.75 Å². The maximum Gasteiger partial charge on any atom is 0.343 e. The van der Waals surface area contributed by atoms with Crippen LogP contribution in [0.2, 0.25) is 0 Å². The molecule has 3 rings (SSSR count). The van der Waals surface area contributed by atoms with E-state index in [1.807, 2.05) is 18.4 Å². The molecule has 0 N–H and O–H groups in total. The smallest absolute Gasteiger partial charge is 0.343 e. The molecule has 8 heteroatoms. The zero-order valence-corrected chi connectivity index (χ0v) is 13.6. The van der Waals surface area contributed by atoms with Gasteiger partial charge in [-0.1, -0.05) is 11.8 Å². The molecule has 0 fully saturated rings. The summed E-state index contributed by atoms with van der Waals surface area (Å²) in [4.78, 5) is 15.8. The number of benzene rings is 1. The Hall–Kier alpha value is -3.00. The second kappa shape index (κ2) is 7.51. The molecule has 3 aromatic rings. The minimum Gasteiger partial charge on any atom is -0.423 e. The predicted octanol–water partition coefficient (Wildman–Crippen LogP) is 2.50. The number of nitrogens with zero attached hydrogens (tertiary/aromatic N) is 5. The van der Waals surface area contributed by atoms with Gasteiger partial charge in [0.15, 0.2) is 0 Å². The van der Waals surface area contributed by atoms with Crippen LogP contribution in [-0.4, -0.2) is 38.3 Å². The van der Waals surface area contributed by atoms with E-state index in [9.17, 15) is 4.79 Å². The van der Waals surface area contributed by atoms with E-state index < -0.39 is 5.97 Å². The van der Waals surface area contributed by atoms with Crippen LogP contribution in [0.15, 0.2) is 65.4 Å². The number of hydrogen-bond acceptors (Lipinski definition) is 7. The van der Waals surface area contributed by atoms with E-state index in [-0.39, 0.29) is 0 Å². The van der Waals surface area contributed by atoms with Crippen LogP contribution in [0.5, 0.6) is 5.75 Å². The zero-order valence-electron chi connectivity index (χ0n) is 12.7. The molecule has 0 unspecified atom stereocenters. The van der Waals surface area contributed by atoms with Gasteiger partial charge in [0.2, 0.25) is 5.16 Å². The second-order valence-electron chi connectivity index (χ2n) is 4.60. The molecule has 24 heavy (non-hydrogen) atoms. The molecule has 0 saturated heterocycles. The Balaban J connectivity index is 1.66. The molecule has 0 saturated carbocycles. The van der Waals surface area contributed by atoms with Crippen LogP contribution < -0.4 is 4.74 Å². The Kier molecular flexibility index (Phi) is 4.97. The highest BCUT2D eigenvalue weighted by molar-refractivity contribution is 7.98. The average molecular weight is 339 g/mol. The minimum absolute atomic E-state index is 0.423. The molecule has 0 aliphatic heterocycles. The molecule has 0 radical (unpaired) electrons. The quantitative estimate of drug-likeness (QED) is 0.307. The summed E-state index contributed by atoms with van der Waals surface area (Å²) in [5.41, 5.74) is 1.31. The van der Waals surface area contributed by atoms with Crippen molar-refractivity contribution in [2.75, 3.05) is 6.26 Å². The van der Waals surface area contributed by atoms with Gasteiger partial charge in [0.05, 0.1) is 11.8 Å². The van der Waals surface area contributed by atoms with Crippen molar-refractivity contribution in [1.82, 2.24) is 19.9 Å². The van der Waals surface area contributed by atoms with E-state index in [4.69, 9.17) is 4.74 Å². The van der Waals surface area contributed by atoms with E-state index in [2.05, 4.69) is 20.3 Å². The van der Waals surface area contributed by atoms with Gasteiger partial charge in [0, 0.05) is 12.4 Å². The van der Waals surface area contributed by atoms with E-state index in [1.165, 1.54) is 18.1 Å². The van der Waals surface area contributed by atoms with Crippen molar-refractivity contribution in [3.05, 3.63) is 66.2 Å². The molecule has 2 aromatic heterocycles. The molecule has 2 heterocycles. The van der Waals surface area contributed by atoms with Crippen molar-refractivity contribution in [2.24, 2.45) is 5.10 Å². The number of hydrogen-bond donors (Lipinski definition) is 0. The first kappa shape index (κ1) is 15.9. The maximum absolute atomic E-state index is 12.0. The van der Waals surface area contributed by atoms with Gasteiger partial charge in [-0.25, -0.2) is 4.79 Å². The molecule has 1 aromatic carbocycles. The minimum atomic E-state index is -0.423. The fraction of sp³-hybridized carbons (Fsp3) is 0.0625. The highest BCUT2D eigenvalue weighted by atomic mass is 32.2. The van der Waals surface area contributed by atoms with Crippen LogP contribution in [0.1, 0.15) is 15.9 Å². The zero-order chi connectivity index (χ0) is 16.8. The average Bonchev–Trinajstić information content (AvgIpc) is 3.09. The first-order valence-corrected chi connectivity index (χ1v) is 8.19. The normalized spacial score (nSPS) is 10.9.